The van der Waals surface area contributed by atoms with Crippen LogP contribution in [0.25, 0.3) is 0 Å². The maximum absolute atomic E-state index is 12.1. The molecule has 3 rings (SSSR count). The molecule has 0 radical (unpaired) electrons. The Morgan fingerprint density at radius 3 is 2.52 bits per heavy atom. The lowest BCUT2D eigenvalue weighted by Gasteiger charge is -2.17. The van der Waals surface area contributed by atoms with Gasteiger partial charge in [-0.25, -0.2) is 0 Å². The molecule has 4 nitrogen and oxygen atoms in total. The molecule has 25 heavy (non-hydrogen) atoms. The number of hydrogen-bond acceptors (Lipinski definition) is 3. The minimum Gasteiger partial charge on any atom is -0.483 e. The minimum atomic E-state index is 0.0874. The van der Waals surface area contributed by atoms with Gasteiger partial charge in [0.25, 0.3) is 5.91 Å². The highest BCUT2D eigenvalue weighted by Gasteiger charge is 2.18. The first-order valence-electron chi connectivity index (χ1n) is 9.06. The van der Waals surface area contributed by atoms with Crippen LogP contribution in [0.15, 0.2) is 54.6 Å². The molecule has 2 aromatic rings. The Bertz CT molecular complexity index is 667. The number of hydrogen-bond donors (Lipinski definition) is 1. The van der Waals surface area contributed by atoms with E-state index >= 15 is 0 Å². The van der Waals surface area contributed by atoms with Gasteiger partial charge in [0.1, 0.15) is 5.75 Å². The van der Waals surface area contributed by atoms with Crippen molar-refractivity contribution >= 4 is 5.91 Å². The Morgan fingerprint density at radius 2 is 1.72 bits per heavy atom. The quantitative estimate of drug-likeness (QED) is 0.752. The van der Waals surface area contributed by atoms with Gasteiger partial charge >= 0.3 is 0 Å². The van der Waals surface area contributed by atoms with Crippen molar-refractivity contribution in [1.29, 1.82) is 0 Å². The standard InChI is InChI=1S/C21H26N2O2/c24-21(23-14-6-7-15-23)17-25-20-11-5-4-10-19(20)16-22-13-12-18-8-2-1-3-9-18/h1-5,8-11,22H,6-7,12-17H2. The van der Waals surface area contributed by atoms with Crippen molar-refractivity contribution in [1.82, 2.24) is 10.2 Å². The van der Waals surface area contributed by atoms with Crippen molar-refractivity contribution in [3.8, 4) is 5.75 Å². The summed E-state index contributed by atoms with van der Waals surface area (Å²) in [6.45, 7) is 3.50. The summed E-state index contributed by atoms with van der Waals surface area (Å²) in [5.74, 6) is 0.881. The van der Waals surface area contributed by atoms with Gasteiger partial charge in [-0.2, -0.15) is 0 Å². The molecule has 0 bridgehead atoms. The van der Waals surface area contributed by atoms with E-state index in [9.17, 15) is 4.79 Å². The van der Waals surface area contributed by atoms with E-state index in [1.165, 1.54) is 5.56 Å². The number of benzene rings is 2. The van der Waals surface area contributed by atoms with E-state index in [4.69, 9.17) is 4.74 Å². The van der Waals surface area contributed by atoms with E-state index in [1.807, 2.05) is 35.2 Å². The Morgan fingerprint density at radius 1 is 1.00 bits per heavy atom. The van der Waals surface area contributed by atoms with Crippen LogP contribution in [0.1, 0.15) is 24.0 Å². The average Bonchev–Trinajstić information content (AvgIpc) is 3.20. The van der Waals surface area contributed by atoms with Crippen LogP contribution in [-0.4, -0.2) is 37.0 Å². The van der Waals surface area contributed by atoms with Crippen molar-refractivity contribution in [3.05, 3.63) is 65.7 Å². The number of carbonyl (C=O) groups is 1. The zero-order valence-corrected chi connectivity index (χ0v) is 14.6. The topological polar surface area (TPSA) is 41.6 Å². The maximum Gasteiger partial charge on any atom is 0.260 e. The fraction of sp³-hybridized carbons (Fsp3) is 0.381. The van der Waals surface area contributed by atoms with Crippen molar-refractivity contribution in [2.45, 2.75) is 25.8 Å². The molecule has 1 heterocycles. The van der Waals surface area contributed by atoms with E-state index in [0.717, 1.165) is 56.8 Å². The predicted molar refractivity (Wildman–Crippen MR) is 99.6 cm³/mol. The van der Waals surface area contributed by atoms with Crippen LogP contribution in [0.3, 0.4) is 0 Å². The molecule has 1 fully saturated rings. The number of ether oxygens (including phenoxy) is 1. The van der Waals surface area contributed by atoms with Gasteiger partial charge in [0.2, 0.25) is 0 Å². The number of nitrogens with zero attached hydrogens (tertiary/aromatic N) is 1. The highest BCUT2D eigenvalue weighted by Crippen LogP contribution is 2.18. The molecule has 1 saturated heterocycles. The second-order valence-electron chi connectivity index (χ2n) is 6.40. The molecule has 1 N–H and O–H groups in total. The highest BCUT2D eigenvalue weighted by molar-refractivity contribution is 5.78. The smallest absolute Gasteiger partial charge is 0.260 e. The van der Waals surface area contributed by atoms with Crippen LogP contribution in [0, 0.1) is 0 Å². The van der Waals surface area contributed by atoms with Crippen LogP contribution in [-0.2, 0) is 17.8 Å². The van der Waals surface area contributed by atoms with E-state index < -0.39 is 0 Å². The van der Waals surface area contributed by atoms with Crippen molar-refractivity contribution in [2.75, 3.05) is 26.2 Å². The Kier molecular flexibility index (Phi) is 6.46. The molecule has 0 spiro atoms. The second-order valence-corrected chi connectivity index (χ2v) is 6.40. The maximum atomic E-state index is 12.1. The predicted octanol–water partition coefficient (Wildman–Crippen LogP) is 3.02. The van der Waals surface area contributed by atoms with Crippen molar-refractivity contribution < 1.29 is 9.53 Å². The molecule has 0 aromatic heterocycles. The summed E-state index contributed by atoms with van der Waals surface area (Å²) in [4.78, 5) is 14.0. The third-order valence-electron chi connectivity index (χ3n) is 4.53. The second kappa shape index (κ2) is 9.23. The number of nitrogens with one attached hydrogen (secondary N) is 1. The first-order chi connectivity index (χ1) is 12.3. The molecule has 0 aliphatic carbocycles. The van der Waals surface area contributed by atoms with Gasteiger partial charge in [-0.15, -0.1) is 0 Å². The molecule has 1 aliphatic heterocycles. The van der Waals surface area contributed by atoms with Crippen LogP contribution in [0.2, 0.25) is 0 Å². The molecule has 2 aromatic carbocycles. The largest absolute Gasteiger partial charge is 0.483 e. The molecule has 0 atom stereocenters. The van der Waals surface area contributed by atoms with Gasteiger partial charge in [-0.1, -0.05) is 48.5 Å². The molecule has 0 saturated carbocycles. The lowest BCUT2D eigenvalue weighted by Crippen LogP contribution is -2.32. The van der Waals surface area contributed by atoms with E-state index in [0.29, 0.717) is 0 Å². The summed E-state index contributed by atoms with van der Waals surface area (Å²) in [6.07, 6.45) is 3.21. The first-order valence-corrected chi connectivity index (χ1v) is 9.06. The van der Waals surface area contributed by atoms with E-state index in [2.05, 4.69) is 29.6 Å². The van der Waals surface area contributed by atoms with Crippen molar-refractivity contribution in [2.24, 2.45) is 0 Å². The number of carbonyl (C=O) groups excluding carboxylic acids is 1. The van der Waals surface area contributed by atoms with Gasteiger partial charge in [-0.3, -0.25) is 4.79 Å². The lowest BCUT2D eigenvalue weighted by molar-refractivity contribution is -0.132. The zero-order valence-electron chi connectivity index (χ0n) is 14.6. The van der Waals surface area contributed by atoms with Crippen LogP contribution in [0.4, 0.5) is 0 Å². The molecular weight excluding hydrogens is 312 g/mol. The number of amides is 1. The summed E-state index contributed by atoms with van der Waals surface area (Å²) < 4.78 is 5.80. The van der Waals surface area contributed by atoms with Crippen LogP contribution >= 0.6 is 0 Å². The molecule has 0 unspecified atom stereocenters. The van der Waals surface area contributed by atoms with Gasteiger partial charge in [-0.05, 0) is 37.4 Å². The number of rotatable bonds is 8. The fourth-order valence-corrected chi connectivity index (χ4v) is 3.09. The zero-order chi connectivity index (χ0) is 17.3. The Balaban J connectivity index is 1.46. The van der Waals surface area contributed by atoms with Crippen LogP contribution < -0.4 is 10.1 Å². The molecule has 1 aliphatic rings. The third kappa shape index (κ3) is 5.33. The third-order valence-corrected chi connectivity index (χ3v) is 4.53. The first kappa shape index (κ1) is 17.5. The molecule has 1 amide bonds. The SMILES string of the molecule is O=C(COc1ccccc1CNCCc1ccccc1)N1CCCC1. The Labute approximate surface area is 149 Å². The lowest BCUT2D eigenvalue weighted by atomic mass is 10.1. The summed E-state index contributed by atoms with van der Waals surface area (Å²) >= 11 is 0. The van der Waals surface area contributed by atoms with E-state index in [1.54, 1.807) is 0 Å². The molecule has 4 heteroatoms. The molecular formula is C21H26N2O2. The monoisotopic (exact) mass is 338 g/mol. The van der Waals surface area contributed by atoms with Gasteiger partial charge in [0, 0.05) is 25.2 Å². The fourth-order valence-electron chi connectivity index (χ4n) is 3.09. The van der Waals surface area contributed by atoms with Crippen molar-refractivity contribution in [3.63, 3.8) is 0 Å². The van der Waals surface area contributed by atoms with Gasteiger partial charge < -0.3 is 15.0 Å². The average molecular weight is 338 g/mol. The summed E-state index contributed by atoms with van der Waals surface area (Å²) in [7, 11) is 0. The summed E-state index contributed by atoms with van der Waals surface area (Å²) in [5.41, 5.74) is 2.42. The normalized spacial score (nSPS) is 13.8. The summed E-state index contributed by atoms with van der Waals surface area (Å²) in [5, 5.41) is 3.46. The van der Waals surface area contributed by atoms with Gasteiger partial charge in [0.05, 0.1) is 0 Å². The molecule has 132 valence electrons. The number of para-hydroxylation sites is 1. The van der Waals surface area contributed by atoms with Crippen LogP contribution in [0.5, 0.6) is 5.75 Å². The number of likely N-dealkylation sites (tertiary alicyclic amines) is 1. The Hall–Kier alpha value is -2.33. The highest BCUT2D eigenvalue weighted by atomic mass is 16.5. The summed E-state index contributed by atoms with van der Waals surface area (Å²) in [6, 6.07) is 18.4. The van der Waals surface area contributed by atoms with E-state index in [-0.39, 0.29) is 12.5 Å². The van der Waals surface area contributed by atoms with Gasteiger partial charge in [0.15, 0.2) is 6.61 Å². The minimum absolute atomic E-state index is 0.0874.